The molecule has 10 nitrogen and oxygen atoms in total. The molecule has 1 amide bonds. The number of hydrogen-bond acceptors (Lipinski definition) is 8. The van der Waals surface area contributed by atoms with Crippen LogP contribution in [0.3, 0.4) is 0 Å². The van der Waals surface area contributed by atoms with Gasteiger partial charge in [-0.15, -0.1) is 0 Å². The van der Waals surface area contributed by atoms with Crippen LogP contribution in [0.25, 0.3) is 0 Å². The predicted molar refractivity (Wildman–Crippen MR) is 175 cm³/mol. The van der Waals surface area contributed by atoms with Crippen molar-refractivity contribution in [2.24, 2.45) is 0 Å². The lowest BCUT2D eigenvalue weighted by atomic mass is 9.80. The number of nitrogens with one attached hydrogen (secondary N) is 1. The molecular weight excluding hydrogens is 645 g/mol. The van der Waals surface area contributed by atoms with Crippen molar-refractivity contribution < 1.29 is 28.0 Å². The molecule has 258 valence electrons. The second-order valence-electron chi connectivity index (χ2n) is 14.2. The molecule has 1 unspecified atom stereocenters. The van der Waals surface area contributed by atoms with E-state index in [9.17, 15) is 13.6 Å². The number of ether oxygens (including phenoxy) is 1. The van der Waals surface area contributed by atoms with E-state index in [1.165, 1.54) is 17.0 Å². The van der Waals surface area contributed by atoms with Crippen molar-refractivity contribution in [3.05, 3.63) is 56.9 Å². The summed E-state index contributed by atoms with van der Waals surface area (Å²) in [5, 5.41) is 10.5. The maximum Gasteiger partial charge on any atom is 0.318 e. The Morgan fingerprint density at radius 1 is 1.15 bits per heavy atom. The topological polar surface area (TPSA) is 106 Å². The number of aromatic nitrogens is 2. The Kier molecular flexibility index (Phi) is 8.70. The van der Waals surface area contributed by atoms with Crippen LogP contribution in [-0.2, 0) is 29.7 Å². The third kappa shape index (κ3) is 5.56. The SMILES string of the molecule is CN(C)C(=O)C(=N)/C(Cl)=C1/CN(c2nc(OC[C@@]34CCCN3CC(F)C4)nc3c2CN(C)[C@@]2(CCc4c(F)ccc(F)c42)C3)CCC[NH2+]1. The summed E-state index contributed by atoms with van der Waals surface area (Å²) < 4.78 is 51.4. The normalized spacial score (nSPS) is 28.2. The maximum absolute atomic E-state index is 15.5. The minimum Gasteiger partial charge on any atom is -0.461 e. The molecule has 1 aromatic heterocycles. The Bertz CT molecular complexity index is 1690. The molecule has 2 aromatic rings. The lowest BCUT2D eigenvalue weighted by Crippen LogP contribution is -2.83. The number of hydrogen-bond donors (Lipinski definition) is 2. The first-order chi connectivity index (χ1) is 22.9. The van der Waals surface area contributed by atoms with E-state index < -0.39 is 34.8 Å². The van der Waals surface area contributed by atoms with Crippen molar-refractivity contribution >= 4 is 29.0 Å². The van der Waals surface area contributed by atoms with Gasteiger partial charge in [-0.1, -0.05) is 11.6 Å². The third-order valence-corrected chi connectivity index (χ3v) is 11.6. The molecule has 3 N–H and O–H groups in total. The van der Waals surface area contributed by atoms with Gasteiger partial charge in [-0.3, -0.25) is 20.0 Å². The van der Waals surface area contributed by atoms with Gasteiger partial charge in [0.2, 0.25) is 0 Å². The molecule has 0 bridgehead atoms. The van der Waals surface area contributed by atoms with Crippen LogP contribution in [-0.4, -0.2) is 108 Å². The highest BCUT2D eigenvalue weighted by atomic mass is 35.5. The number of benzene rings is 1. The van der Waals surface area contributed by atoms with Crippen LogP contribution in [0.15, 0.2) is 22.9 Å². The van der Waals surface area contributed by atoms with Crippen LogP contribution in [0.1, 0.15) is 54.5 Å². The number of likely N-dealkylation sites (N-methyl/N-ethyl adjacent to an activating group) is 1. The van der Waals surface area contributed by atoms with Crippen LogP contribution >= 0.6 is 11.6 Å². The smallest absolute Gasteiger partial charge is 0.318 e. The van der Waals surface area contributed by atoms with E-state index in [1.54, 1.807) is 14.1 Å². The standard InChI is InChI=1S/C34H42ClF3N8O2/c1-43(2)31(47)29(39)28(35)26-18-45(12-5-11-40-26)30-22-17-44(3)34(10-8-21-23(37)6-7-24(38)27(21)34)15-25(22)41-32(42-30)48-19-33-9-4-13-46(33)16-20(36)14-33/h6-7,20,39-40H,4-5,8-19H2,1-3H3/p+1/b28-26+,39-29?/t20?,33-,34-/m0/s1. The first-order valence-electron chi connectivity index (χ1n) is 16.8. The number of nitrogens with zero attached hydrogens (tertiary/aromatic N) is 6. The number of alkyl halides is 1. The van der Waals surface area contributed by atoms with Crippen molar-refractivity contribution in [3.63, 3.8) is 0 Å². The number of rotatable bonds is 6. The molecule has 7 rings (SSSR count). The molecule has 48 heavy (non-hydrogen) atoms. The summed E-state index contributed by atoms with van der Waals surface area (Å²) in [6.45, 7) is 3.53. The Morgan fingerprint density at radius 3 is 2.73 bits per heavy atom. The molecule has 4 aliphatic heterocycles. The van der Waals surface area contributed by atoms with E-state index in [2.05, 4.69) is 14.7 Å². The molecule has 1 spiro atoms. The number of anilines is 1. The molecule has 1 aliphatic carbocycles. The molecule has 3 fully saturated rings. The zero-order valence-corrected chi connectivity index (χ0v) is 28.5. The van der Waals surface area contributed by atoms with Gasteiger partial charge in [-0.25, -0.2) is 13.2 Å². The molecule has 5 heterocycles. The fourth-order valence-electron chi connectivity index (χ4n) is 8.66. The molecule has 14 heteroatoms. The van der Waals surface area contributed by atoms with Crippen molar-refractivity contribution in [1.29, 1.82) is 5.41 Å². The highest BCUT2D eigenvalue weighted by Crippen LogP contribution is 2.50. The summed E-state index contributed by atoms with van der Waals surface area (Å²) in [4.78, 5) is 30.2. The van der Waals surface area contributed by atoms with Gasteiger partial charge in [0.25, 0.3) is 5.91 Å². The minimum absolute atomic E-state index is 0.0959. The maximum atomic E-state index is 15.5. The van der Waals surface area contributed by atoms with Crippen molar-refractivity contribution in [2.45, 2.75) is 68.7 Å². The zero-order chi connectivity index (χ0) is 34.0. The van der Waals surface area contributed by atoms with Crippen molar-refractivity contribution in [3.8, 4) is 6.01 Å². The van der Waals surface area contributed by atoms with Crippen LogP contribution in [0.2, 0.25) is 0 Å². The van der Waals surface area contributed by atoms with Gasteiger partial charge >= 0.3 is 6.01 Å². The molecule has 1 aromatic carbocycles. The Morgan fingerprint density at radius 2 is 1.94 bits per heavy atom. The molecule has 3 saturated heterocycles. The fourth-order valence-corrected chi connectivity index (χ4v) is 8.88. The van der Waals surface area contributed by atoms with Crippen LogP contribution in [0.5, 0.6) is 6.01 Å². The van der Waals surface area contributed by atoms with Gasteiger partial charge in [0, 0.05) is 64.1 Å². The van der Waals surface area contributed by atoms with Crippen molar-refractivity contribution in [1.82, 2.24) is 24.7 Å². The van der Waals surface area contributed by atoms with Gasteiger partial charge in [0.05, 0.1) is 29.9 Å². The first kappa shape index (κ1) is 33.2. The van der Waals surface area contributed by atoms with Gasteiger partial charge in [0.15, 0.2) is 0 Å². The summed E-state index contributed by atoms with van der Waals surface area (Å²) in [6, 6.07) is 2.58. The van der Waals surface area contributed by atoms with Gasteiger partial charge in [-0.2, -0.15) is 9.97 Å². The summed E-state index contributed by atoms with van der Waals surface area (Å²) in [6.07, 6.45) is 3.43. The Balaban J connectivity index is 1.28. The third-order valence-electron chi connectivity index (χ3n) is 11.1. The second kappa shape index (κ2) is 12.6. The quantitative estimate of drug-likeness (QED) is 0.451. The highest BCUT2D eigenvalue weighted by molar-refractivity contribution is 6.58. The van der Waals surface area contributed by atoms with E-state index in [4.69, 9.17) is 31.7 Å². The van der Waals surface area contributed by atoms with Gasteiger partial charge < -0.3 is 19.9 Å². The predicted octanol–water partition coefficient (Wildman–Crippen LogP) is 2.87. The van der Waals surface area contributed by atoms with Crippen LogP contribution in [0.4, 0.5) is 19.0 Å². The fraction of sp³-hybridized carbons (Fsp3) is 0.588. The number of fused-ring (bicyclic) bond motifs is 4. The Labute approximate surface area is 283 Å². The monoisotopic (exact) mass is 687 g/mol. The van der Waals surface area contributed by atoms with E-state index in [0.717, 1.165) is 31.4 Å². The Hall–Kier alpha value is -3.26. The first-order valence-corrected chi connectivity index (χ1v) is 17.2. The molecule has 0 radical (unpaired) electrons. The molecule has 0 saturated carbocycles. The number of amides is 1. The highest BCUT2D eigenvalue weighted by Gasteiger charge is 2.51. The number of carbonyl (C=O) groups excluding carboxylic acids is 1. The minimum atomic E-state index is -0.900. The second-order valence-corrected chi connectivity index (χ2v) is 14.6. The number of carbonyl (C=O) groups is 1. The summed E-state index contributed by atoms with van der Waals surface area (Å²) in [5.74, 6) is -0.655. The molecule has 5 aliphatic rings. The van der Waals surface area contributed by atoms with Crippen LogP contribution < -0.4 is 15.0 Å². The van der Waals surface area contributed by atoms with Crippen molar-refractivity contribution in [2.75, 3.05) is 65.4 Å². The summed E-state index contributed by atoms with van der Waals surface area (Å²) in [7, 11) is 5.10. The van der Waals surface area contributed by atoms with E-state index in [-0.39, 0.29) is 23.4 Å². The molecule has 3 atom stereocenters. The zero-order valence-electron chi connectivity index (χ0n) is 27.7. The van der Waals surface area contributed by atoms with Gasteiger partial charge in [-0.05, 0) is 57.0 Å². The molecular formula is C34H43ClF3N8O2+. The number of quaternary nitrogens is 1. The lowest BCUT2D eigenvalue weighted by Gasteiger charge is -2.44. The number of nitrogens with two attached hydrogens (primary N) is 1. The van der Waals surface area contributed by atoms with E-state index >= 15 is 4.39 Å². The van der Waals surface area contributed by atoms with E-state index in [0.29, 0.717) is 86.7 Å². The average molecular weight is 688 g/mol. The van der Waals surface area contributed by atoms with Crippen LogP contribution in [0, 0.1) is 17.0 Å². The lowest BCUT2D eigenvalue weighted by molar-refractivity contribution is -0.605. The largest absolute Gasteiger partial charge is 0.461 e. The van der Waals surface area contributed by atoms with Gasteiger partial charge in [0.1, 0.15) is 46.7 Å². The summed E-state index contributed by atoms with van der Waals surface area (Å²) in [5.41, 5.74) is 1.59. The summed E-state index contributed by atoms with van der Waals surface area (Å²) >= 11 is 6.70. The average Bonchev–Trinajstić information content (AvgIpc) is 3.65. The van der Waals surface area contributed by atoms with E-state index in [1.807, 2.05) is 12.4 Å². The number of halogens is 4.